The Kier molecular flexibility index (Phi) is 4.84. The highest BCUT2D eigenvalue weighted by atomic mass is 16.3. The zero-order valence-electron chi connectivity index (χ0n) is 13.8. The molecule has 0 amide bonds. The lowest BCUT2D eigenvalue weighted by Gasteiger charge is -2.32. The Hall–Kier alpha value is -1.32. The number of likely N-dealkylation sites (tertiary alicyclic amines) is 1. The van der Waals surface area contributed by atoms with Crippen molar-refractivity contribution in [1.82, 2.24) is 9.88 Å². The lowest BCUT2D eigenvalue weighted by Crippen LogP contribution is -2.36. The van der Waals surface area contributed by atoms with Crippen molar-refractivity contribution >= 4 is 10.9 Å². The molecular formula is C19H28N2O. The SMILES string of the molecule is CC[C@@H]1CCCN(CCc2c(C(C)O)[nH]c3ccccc23)C1. The van der Waals surface area contributed by atoms with Crippen LogP contribution in [0, 0.1) is 5.92 Å². The molecule has 1 unspecified atom stereocenters. The molecule has 1 fully saturated rings. The third-order valence-corrected chi connectivity index (χ3v) is 5.12. The summed E-state index contributed by atoms with van der Waals surface area (Å²) in [4.78, 5) is 6.01. The van der Waals surface area contributed by atoms with Crippen LogP contribution in [0.15, 0.2) is 24.3 Å². The van der Waals surface area contributed by atoms with Gasteiger partial charge >= 0.3 is 0 Å². The first kappa shape index (κ1) is 15.6. The minimum atomic E-state index is -0.438. The van der Waals surface area contributed by atoms with E-state index in [0.717, 1.165) is 30.1 Å². The molecule has 120 valence electrons. The number of nitrogens with zero attached hydrogens (tertiary/aromatic N) is 1. The van der Waals surface area contributed by atoms with Crippen molar-refractivity contribution in [2.24, 2.45) is 5.92 Å². The molecule has 1 aliphatic rings. The smallest absolute Gasteiger partial charge is 0.0912 e. The number of hydrogen-bond donors (Lipinski definition) is 2. The zero-order chi connectivity index (χ0) is 15.5. The van der Waals surface area contributed by atoms with E-state index in [1.807, 2.05) is 13.0 Å². The van der Waals surface area contributed by atoms with Gasteiger partial charge in [0.25, 0.3) is 0 Å². The molecule has 0 aliphatic carbocycles. The van der Waals surface area contributed by atoms with E-state index in [1.54, 1.807) is 0 Å². The van der Waals surface area contributed by atoms with Crippen LogP contribution in [0.25, 0.3) is 10.9 Å². The van der Waals surface area contributed by atoms with Crippen LogP contribution in [0.1, 0.15) is 50.5 Å². The molecular weight excluding hydrogens is 272 g/mol. The second kappa shape index (κ2) is 6.84. The van der Waals surface area contributed by atoms with Crippen molar-refractivity contribution in [2.45, 2.75) is 45.6 Å². The fourth-order valence-electron chi connectivity index (χ4n) is 3.80. The predicted octanol–water partition coefficient (Wildman–Crippen LogP) is 3.89. The summed E-state index contributed by atoms with van der Waals surface area (Å²) in [5, 5.41) is 11.3. The minimum Gasteiger partial charge on any atom is -0.387 e. The number of nitrogens with one attached hydrogen (secondary N) is 1. The number of fused-ring (bicyclic) bond motifs is 1. The number of aromatic amines is 1. The van der Waals surface area contributed by atoms with E-state index < -0.39 is 6.10 Å². The maximum absolute atomic E-state index is 10.1. The summed E-state index contributed by atoms with van der Waals surface area (Å²) < 4.78 is 0. The standard InChI is InChI=1S/C19H28N2O/c1-3-15-7-6-11-21(13-15)12-10-17-16-8-4-5-9-18(16)20-19(17)14(2)22/h4-5,8-9,14-15,20,22H,3,6-7,10-13H2,1-2H3/t14?,15-/m1/s1. The summed E-state index contributed by atoms with van der Waals surface area (Å²) in [5.74, 6) is 0.868. The molecule has 2 aromatic rings. The Labute approximate surface area is 133 Å². The minimum absolute atomic E-state index is 0.438. The van der Waals surface area contributed by atoms with Gasteiger partial charge in [-0.15, -0.1) is 0 Å². The summed E-state index contributed by atoms with van der Waals surface area (Å²) in [6, 6.07) is 8.39. The number of benzene rings is 1. The second-order valence-electron chi connectivity index (χ2n) is 6.71. The molecule has 0 radical (unpaired) electrons. The molecule has 1 saturated heterocycles. The number of H-pyrrole nitrogens is 1. The molecule has 3 rings (SSSR count). The molecule has 3 nitrogen and oxygen atoms in total. The van der Waals surface area contributed by atoms with Crippen LogP contribution in [-0.4, -0.2) is 34.6 Å². The second-order valence-corrected chi connectivity index (χ2v) is 6.71. The number of rotatable bonds is 5. The molecule has 0 bridgehead atoms. The van der Waals surface area contributed by atoms with Gasteiger partial charge in [-0.2, -0.15) is 0 Å². The Bertz CT molecular complexity index is 617. The lowest BCUT2D eigenvalue weighted by atomic mass is 9.95. The first-order valence-electron chi connectivity index (χ1n) is 8.69. The van der Waals surface area contributed by atoms with Gasteiger partial charge < -0.3 is 15.0 Å². The summed E-state index contributed by atoms with van der Waals surface area (Å²) in [5.41, 5.74) is 3.42. The Morgan fingerprint density at radius 2 is 2.18 bits per heavy atom. The fraction of sp³-hybridized carbons (Fsp3) is 0.579. The molecule has 2 N–H and O–H groups in total. The highest BCUT2D eigenvalue weighted by Crippen LogP contribution is 2.28. The monoisotopic (exact) mass is 300 g/mol. The quantitative estimate of drug-likeness (QED) is 0.879. The largest absolute Gasteiger partial charge is 0.387 e. The summed E-state index contributed by atoms with van der Waals surface area (Å²) in [6.45, 7) is 7.71. The molecule has 0 saturated carbocycles. The van der Waals surface area contributed by atoms with E-state index in [-0.39, 0.29) is 0 Å². The van der Waals surface area contributed by atoms with Crippen molar-refractivity contribution in [2.75, 3.05) is 19.6 Å². The lowest BCUT2D eigenvalue weighted by molar-refractivity contribution is 0.172. The number of aliphatic hydroxyl groups excluding tert-OH is 1. The summed E-state index contributed by atoms with van der Waals surface area (Å²) >= 11 is 0. The Morgan fingerprint density at radius 3 is 2.95 bits per heavy atom. The maximum Gasteiger partial charge on any atom is 0.0912 e. The first-order valence-corrected chi connectivity index (χ1v) is 8.69. The Balaban J connectivity index is 1.76. The third kappa shape index (κ3) is 3.21. The van der Waals surface area contributed by atoms with Gasteiger partial charge in [0.15, 0.2) is 0 Å². The van der Waals surface area contributed by atoms with Gasteiger partial charge in [0.2, 0.25) is 0 Å². The van der Waals surface area contributed by atoms with Gasteiger partial charge in [-0.25, -0.2) is 0 Å². The van der Waals surface area contributed by atoms with Gasteiger partial charge in [0, 0.05) is 29.7 Å². The van der Waals surface area contributed by atoms with Crippen molar-refractivity contribution in [3.63, 3.8) is 0 Å². The summed E-state index contributed by atoms with van der Waals surface area (Å²) in [6.07, 6.45) is 4.59. The van der Waals surface area contributed by atoms with Gasteiger partial charge in [0.05, 0.1) is 6.10 Å². The predicted molar refractivity (Wildman–Crippen MR) is 92.1 cm³/mol. The van der Waals surface area contributed by atoms with Crippen LogP contribution >= 0.6 is 0 Å². The highest BCUT2D eigenvalue weighted by molar-refractivity contribution is 5.84. The fourth-order valence-corrected chi connectivity index (χ4v) is 3.80. The van der Waals surface area contributed by atoms with Crippen molar-refractivity contribution in [3.05, 3.63) is 35.5 Å². The van der Waals surface area contributed by atoms with Gasteiger partial charge in [-0.3, -0.25) is 0 Å². The average molecular weight is 300 g/mol. The number of aliphatic hydroxyl groups is 1. The number of hydrogen-bond acceptors (Lipinski definition) is 2. The first-order chi connectivity index (χ1) is 10.7. The van der Waals surface area contributed by atoms with Crippen molar-refractivity contribution in [1.29, 1.82) is 0 Å². The number of para-hydroxylation sites is 1. The van der Waals surface area contributed by atoms with Gasteiger partial charge in [-0.05, 0) is 50.3 Å². The molecule has 2 heterocycles. The number of piperidine rings is 1. The maximum atomic E-state index is 10.1. The van der Waals surface area contributed by atoms with E-state index in [1.165, 1.54) is 43.3 Å². The molecule has 1 aromatic carbocycles. The molecule has 2 atom stereocenters. The van der Waals surface area contributed by atoms with Crippen LogP contribution in [-0.2, 0) is 6.42 Å². The van der Waals surface area contributed by atoms with Gasteiger partial charge in [0.1, 0.15) is 0 Å². The Morgan fingerprint density at radius 1 is 1.36 bits per heavy atom. The summed E-state index contributed by atoms with van der Waals surface area (Å²) in [7, 11) is 0. The third-order valence-electron chi connectivity index (χ3n) is 5.12. The van der Waals surface area contributed by atoms with Gasteiger partial charge in [-0.1, -0.05) is 31.5 Å². The van der Waals surface area contributed by atoms with E-state index in [4.69, 9.17) is 0 Å². The average Bonchev–Trinajstić information content (AvgIpc) is 2.92. The topological polar surface area (TPSA) is 39.3 Å². The zero-order valence-corrected chi connectivity index (χ0v) is 13.8. The van der Waals surface area contributed by atoms with Crippen molar-refractivity contribution in [3.8, 4) is 0 Å². The normalized spacial score (nSPS) is 21.3. The van der Waals surface area contributed by atoms with Crippen LogP contribution in [0.2, 0.25) is 0 Å². The van der Waals surface area contributed by atoms with Crippen LogP contribution in [0.5, 0.6) is 0 Å². The van der Waals surface area contributed by atoms with Crippen molar-refractivity contribution < 1.29 is 5.11 Å². The molecule has 0 spiro atoms. The molecule has 1 aromatic heterocycles. The van der Waals surface area contributed by atoms with Crippen LogP contribution in [0.3, 0.4) is 0 Å². The van der Waals surface area contributed by atoms with E-state index in [0.29, 0.717) is 0 Å². The van der Waals surface area contributed by atoms with Crippen LogP contribution < -0.4 is 0 Å². The molecule has 1 aliphatic heterocycles. The molecule has 3 heteroatoms. The molecule has 22 heavy (non-hydrogen) atoms. The highest BCUT2D eigenvalue weighted by Gasteiger charge is 2.20. The van der Waals surface area contributed by atoms with E-state index in [9.17, 15) is 5.11 Å². The van der Waals surface area contributed by atoms with E-state index >= 15 is 0 Å². The van der Waals surface area contributed by atoms with E-state index in [2.05, 4.69) is 35.0 Å². The van der Waals surface area contributed by atoms with Crippen LogP contribution in [0.4, 0.5) is 0 Å². The number of aromatic nitrogens is 1.